The number of halogens is 3. The molecule has 6 nitrogen and oxygen atoms in total. The van der Waals surface area contributed by atoms with Crippen molar-refractivity contribution in [3.63, 3.8) is 0 Å². The summed E-state index contributed by atoms with van der Waals surface area (Å²) in [6.45, 7) is -0.0991. The number of anilines is 1. The topological polar surface area (TPSA) is 74.7 Å². The molecule has 1 aliphatic heterocycles. The van der Waals surface area contributed by atoms with Crippen LogP contribution in [0.4, 0.5) is 14.9 Å². The van der Waals surface area contributed by atoms with Gasteiger partial charge >= 0.3 is 6.03 Å². The molecule has 0 fully saturated rings. The van der Waals surface area contributed by atoms with E-state index in [-0.39, 0.29) is 12.6 Å². The Morgan fingerprint density at radius 3 is 2.86 bits per heavy atom. The zero-order chi connectivity index (χ0) is 20.1. The van der Waals surface area contributed by atoms with Crippen molar-refractivity contribution in [2.24, 2.45) is 0 Å². The van der Waals surface area contributed by atoms with Gasteiger partial charge in [-0.15, -0.1) is 0 Å². The van der Waals surface area contributed by atoms with Crippen LogP contribution in [0.3, 0.4) is 0 Å². The van der Waals surface area contributed by atoms with Crippen LogP contribution in [0.25, 0.3) is 5.57 Å². The maximum atomic E-state index is 12.5. The Bertz CT molecular complexity index is 910. The van der Waals surface area contributed by atoms with Crippen molar-refractivity contribution in [1.29, 1.82) is 0 Å². The van der Waals surface area contributed by atoms with E-state index in [4.69, 9.17) is 21.4 Å². The van der Waals surface area contributed by atoms with Gasteiger partial charge in [0.1, 0.15) is 5.75 Å². The van der Waals surface area contributed by atoms with Gasteiger partial charge in [-0.2, -0.15) is 0 Å². The fourth-order valence-electron chi connectivity index (χ4n) is 2.83. The van der Waals surface area contributed by atoms with Gasteiger partial charge in [-0.3, -0.25) is 4.98 Å². The third-order valence-corrected chi connectivity index (χ3v) is 5.18. The Hall–Kier alpha value is -2.16. The van der Waals surface area contributed by atoms with E-state index < -0.39 is 6.86 Å². The molecule has 1 aromatic heterocycles. The fourth-order valence-corrected chi connectivity index (χ4v) is 3.63. The second-order valence-electron chi connectivity index (χ2n) is 6.09. The van der Waals surface area contributed by atoms with Crippen LogP contribution in [0, 0.1) is 0 Å². The normalized spacial score (nSPS) is 13.9. The largest absolute Gasteiger partial charge is 0.462 e. The van der Waals surface area contributed by atoms with Gasteiger partial charge in [0.15, 0.2) is 0 Å². The Morgan fingerprint density at radius 2 is 2.25 bits per heavy atom. The molecule has 0 unspecified atom stereocenters. The van der Waals surface area contributed by atoms with Crippen LogP contribution < -0.4 is 10.1 Å². The number of urea groups is 1. The molecule has 2 aromatic rings. The van der Waals surface area contributed by atoms with Crippen molar-refractivity contribution in [3.05, 3.63) is 57.3 Å². The summed E-state index contributed by atoms with van der Waals surface area (Å²) < 4.78 is 17.6. The van der Waals surface area contributed by atoms with Gasteiger partial charge in [0.25, 0.3) is 0 Å². The standard InChI is InChI=1S/C19H18BrClFN3O3/c20-15-8-14(1-2-17(15)28-11-22)24-19(27)25-5-3-13(4-6-25)18-16(21)7-12(10-26)9-23-18/h1-3,7-9,26H,4-6,10-11H2,(H,24,27). The number of hydrogen-bond acceptors (Lipinski definition) is 4. The van der Waals surface area contributed by atoms with Crippen molar-refractivity contribution < 1.29 is 19.0 Å². The number of benzene rings is 1. The molecule has 0 saturated carbocycles. The quantitative estimate of drug-likeness (QED) is 0.669. The fraction of sp³-hybridized carbons (Fsp3) is 0.263. The summed E-state index contributed by atoms with van der Waals surface area (Å²) in [5.41, 5.74) is 2.86. The monoisotopic (exact) mass is 469 g/mol. The van der Waals surface area contributed by atoms with Crippen molar-refractivity contribution >= 4 is 44.8 Å². The van der Waals surface area contributed by atoms with Crippen molar-refractivity contribution in [3.8, 4) is 5.75 Å². The summed E-state index contributed by atoms with van der Waals surface area (Å²) in [4.78, 5) is 18.5. The predicted molar refractivity (Wildman–Crippen MR) is 109 cm³/mol. The van der Waals surface area contributed by atoms with E-state index in [1.54, 1.807) is 35.4 Å². The molecule has 2 N–H and O–H groups in total. The van der Waals surface area contributed by atoms with Crippen molar-refractivity contribution in [1.82, 2.24) is 9.88 Å². The molecule has 2 heterocycles. The lowest BCUT2D eigenvalue weighted by Gasteiger charge is -2.27. The summed E-state index contributed by atoms with van der Waals surface area (Å²) in [6.07, 6.45) is 4.13. The highest BCUT2D eigenvalue weighted by Gasteiger charge is 2.20. The molecular formula is C19H18BrClFN3O3. The minimum absolute atomic E-state index is 0.114. The third-order valence-electron chi connectivity index (χ3n) is 4.27. The van der Waals surface area contributed by atoms with Crippen molar-refractivity contribution in [2.45, 2.75) is 13.0 Å². The molecule has 0 aliphatic carbocycles. The first-order valence-electron chi connectivity index (χ1n) is 8.50. The number of hydrogen-bond donors (Lipinski definition) is 2. The zero-order valence-corrected chi connectivity index (χ0v) is 17.1. The summed E-state index contributed by atoms with van der Waals surface area (Å²) >= 11 is 9.54. The lowest BCUT2D eigenvalue weighted by Crippen LogP contribution is -2.38. The van der Waals surface area contributed by atoms with Crippen LogP contribution >= 0.6 is 27.5 Å². The first-order chi connectivity index (χ1) is 13.5. The average Bonchev–Trinajstić information content (AvgIpc) is 2.70. The van der Waals surface area contributed by atoms with Gasteiger partial charge in [0.2, 0.25) is 6.86 Å². The summed E-state index contributed by atoms with van der Waals surface area (Å²) in [5.74, 6) is 0.364. The highest BCUT2D eigenvalue weighted by molar-refractivity contribution is 9.10. The van der Waals surface area contributed by atoms with Crippen LogP contribution in [0.2, 0.25) is 5.02 Å². The molecule has 1 aromatic carbocycles. The van der Waals surface area contributed by atoms with Crippen LogP contribution in [-0.4, -0.2) is 41.0 Å². The molecule has 3 rings (SSSR count). The number of ether oxygens (including phenoxy) is 1. The first kappa shape index (κ1) is 20.6. The molecule has 2 amide bonds. The number of carbonyl (C=O) groups excluding carboxylic acids is 1. The number of rotatable bonds is 5. The van der Waals surface area contributed by atoms with E-state index in [0.29, 0.717) is 51.7 Å². The lowest BCUT2D eigenvalue weighted by molar-refractivity contribution is 0.190. The van der Waals surface area contributed by atoms with E-state index in [1.165, 1.54) is 0 Å². The summed E-state index contributed by atoms with van der Waals surface area (Å²) in [6, 6.07) is 6.33. The van der Waals surface area contributed by atoms with Crippen LogP contribution in [-0.2, 0) is 6.61 Å². The maximum Gasteiger partial charge on any atom is 0.322 e. The third kappa shape index (κ3) is 4.81. The zero-order valence-electron chi connectivity index (χ0n) is 14.8. The first-order valence-corrected chi connectivity index (χ1v) is 9.68. The number of aliphatic hydroxyl groups excluding tert-OH is 1. The number of alkyl halides is 1. The Balaban J connectivity index is 1.64. The number of amides is 2. The molecule has 0 saturated heterocycles. The highest BCUT2D eigenvalue weighted by Crippen LogP contribution is 2.30. The van der Waals surface area contributed by atoms with Gasteiger partial charge in [0, 0.05) is 25.0 Å². The van der Waals surface area contributed by atoms with Gasteiger partial charge in [-0.05, 0) is 57.8 Å². The Labute approximate surface area is 175 Å². The number of carbonyl (C=O) groups is 1. The molecule has 1 aliphatic rings. The minimum atomic E-state index is -0.922. The van der Waals surface area contributed by atoms with Crippen LogP contribution in [0.15, 0.2) is 41.0 Å². The predicted octanol–water partition coefficient (Wildman–Crippen LogP) is 4.62. The molecule has 148 valence electrons. The van der Waals surface area contributed by atoms with Gasteiger partial charge < -0.3 is 20.1 Å². The molecule has 0 atom stereocenters. The Morgan fingerprint density at radius 1 is 1.43 bits per heavy atom. The number of nitrogens with zero attached hydrogens (tertiary/aromatic N) is 2. The number of aromatic nitrogens is 1. The van der Waals surface area contributed by atoms with E-state index in [0.717, 1.165) is 5.57 Å². The molecule has 28 heavy (non-hydrogen) atoms. The molecule has 9 heteroatoms. The minimum Gasteiger partial charge on any atom is -0.462 e. The number of pyridine rings is 1. The maximum absolute atomic E-state index is 12.5. The van der Waals surface area contributed by atoms with Crippen molar-refractivity contribution in [2.75, 3.05) is 25.3 Å². The molecule has 0 radical (unpaired) electrons. The second-order valence-corrected chi connectivity index (χ2v) is 7.35. The summed E-state index contributed by atoms with van der Waals surface area (Å²) in [5, 5.41) is 12.4. The van der Waals surface area contributed by atoms with E-state index in [2.05, 4.69) is 26.2 Å². The number of nitrogens with one attached hydrogen (secondary N) is 1. The van der Waals surface area contributed by atoms with Gasteiger partial charge in [0.05, 0.1) is 21.8 Å². The Kier molecular flexibility index (Phi) is 6.88. The molecule has 0 spiro atoms. The van der Waals surface area contributed by atoms with Gasteiger partial charge in [-0.25, -0.2) is 9.18 Å². The number of aliphatic hydroxyl groups is 1. The SMILES string of the molecule is O=C(Nc1ccc(OCF)c(Br)c1)N1CC=C(c2ncc(CO)cc2Cl)CC1. The smallest absolute Gasteiger partial charge is 0.322 e. The van der Waals surface area contributed by atoms with Gasteiger partial charge in [-0.1, -0.05) is 17.7 Å². The van der Waals surface area contributed by atoms with E-state index in [1.807, 2.05) is 6.08 Å². The van der Waals surface area contributed by atoms with Crippen LogP contribution in [0.1, 0.15) is 17.7 Å². The summed E-state index contributed by atoms with van der Waals surface area (Å²) in [7, 11) is 0. The van der Waals surface area contributed by atoms with E-state index >= 15 is 0 Å². The highest BCUT2D eigenvalue weighted by atomic mass is 79.9. The van der Waals surface area contributed by atoms with Crippen LogP contribution in [0.5, 0.6) is 5.75 Å². The molecular weight excluding hydrogens is 453 g/mol. The average molecular weight is 471 g/mol. The van der Waals surface area contributed by atoms with E-state index in [9.17, 15) is 9.18 Å². The molecule has 0 bridgehead atoms. The lowest BCUT2D eigenvalue weighted by atomic mass is 10.0. The second kappa shape index (κ2) is 9.36.